The first kappa shape index (κ1) is 14.2. The molecule has 0 amide bonds. The van der Waals surface area contributed by atoms with Crippen LogP contribution >= 0.6 is 11.3 Å². The molecule has 1 atom stereocenters. The van der Waals surface area contributed by atoms with Crippen molar-refractivity contribution in [2.24, 2.45) is 5.16 Å². The molecule has 0 aliphatic carbocycles. The molecule has 0 radical (unpaired) electrons. The van der Waals surface area contributed by atoms with Crippen LogP contribution in [0.15, 0.2) is 40.9 Å². The number of aromatic nitrogens is 1. The highest BCUT2D eigenvalue weighted by Gasteiger charge is 2.23. The Kier molecular flexibility index (Phi) is 4.31. The quantitative estimate of drug-likeness (QED) is 0.852. The molecule has 110 valence electrons. The smallest absolute Gasteiger partial charge is 0.145 e. The van der Waals surface area contributed by atoms with Crippen molar-refractivity contribution < 1.29 is 4.84 Å². The van der Waals surface area contributed by atoms with Gasteiger partial charge in [-0.2, -0.15) is 0 Å². The van der Waals surface area contributed by atoms with Crippen molar-refractivity contribution in [3.8, 4) is 0 Å². The monoisotopic (exact) mass is 301 g/mol. The Morgan fingerprint density at radius 2 is 2.14 bits per heavy atom. The van der Waals surface area contributed by atoms with Crippen molar-refractivity contribution in [3.63, 3.8) is 0 Å². The first-order chi connectivity index (χ1) is 10.2. The summed E-state index contributed by atoms with van der Waals surface area (Å²) in [6, 6.07) is 10.2. The van der Waals surface area contributed by atoms with Crippen LogP contribution in [0, 0.1) is 6.92 Å². The van der Waals surface area contributed by atoms with Crippen LogP contribution in [0.4, 0.5) is 0 Å². The molecule has 5 heteroatoms. The van der Waals surface area contributed by atoms with Crippen LogP contribution in [-0.4, -0.2) is 35.3 Å². The molecular weight excluding hydrogens is 282 g/mol. The fourth-order valence-electron chi connectivity index (χ4n) is 2.45. The van der Waals surface area contributed by atoms with Gasteiger partial charge in [-0.1, -0.05) is 35.5 Å². The second kappa shape index (κ2) is 6.37. The summed E-state index contributed by atoms with van der Waals surface area (Å²) in [6.45, 7) is 3.75. The van der Waals surface area contributed by atoms with E-state index in [1.54, 1.807) is 11.3 Å². The van der Waals surface area contributed by atoms with Crippen molar-refractivity contribution in [1.29, 1.82) is 0 Å². The van der Waals surface area contributed by atoms with Gasteiger partial charge >= 0.3 is 0 Å². The van der Waals surface area contributed by atoms with Crippen LogP contribution < -0.4 is 0 Å². The molecule has 2 heterocycles. The van der Waals surface area contributed by atoms with Gasteiger partial charge in [0.05, 0.1) is 12.3 Å². The summed E-state index contributed by atoms with van der Waals surface area (Å²) in [5, 5.41) is 7.47. The van der Waals surface area contributed by atoms with Gasteiger partial charge in [0.1, 0.15) is 11.1 Å². The van der Waals surface area contributed by atoms with Crippen molar-refractivity contribution >= 4 is 17.0 Å². The van der Waals surface area contributed by atoms with E-state index in [-0.39, 0.29) is 6.10 Å². The number of rotatable bonds is 5. The number of likely N-dealkylation sites (N-methyl/N-ethyl adjacent to an activating group) is 1. The van der Waals surface area contributed by atoms with Crippen LogP contribution in [0.1, 0.15) is 22.7 Å². The highest BCUT2D eigenvalue weighted by Crippen LogP contribution is 2.18. The van der Waals surface area contributed by atoms with Crippen LogP contribution in [0.3, 0.4) is 0 Å². The lowest BCUT2D eigenvalue weighted by Gasteiger charge is -2.18. The lowest BCUT2D eigenvalue weighted by Crippen LogP contribution is -2.29. The minimum Gasteiger partial charge on any atom is -0.390 e. The normalized spacial score (nSPS) is 17.9. The van der Waals surface area contributed by atoms with Gasteiger partial charge in [0.2, 0.25) is 0 Å². The number of oxime groups is 1. The van der Waals surface area contributed by atoms with Gasteiger partial charge in [-0.15, -0.1) is 11.3 Å². The van der Waals surface area contributed by atoms with Gasteiger partial charge in [-0.3, -0.25) is 4.90 Å². The average Bonchev–Trinajstić information content (AvgIpc) is 3.09. The summed E-state index contributed by atoms with van der Waals surface area (Å²) in [5.74, 6) is 0. The first-order valence-electron chi connectivity index (χ1n) is 7.08. The molecular formula is C16H19N3OS. The molecule has 21 heavy (non-hydrogen) atoms. The van der Waals surface area contributed by atoms with E-state index in [4.69, 9.17) is 4.84 Å². The first-order valence-corrected chi connectivity index (χ1v) is 7.96. The Morgan fingerprint density at radius 1 is 1.33 bits per heavy atom. The predicted molar refractivity (Wildman–Crippen MR) is 85.7 cm³/mol. The molecule has 1 unspecified atom stereocenters. The van der Waals surface area contributed by atoms with Gasteiger partial charge in [0.15, 0.2) is 0 Å². The molecule has 3 rings (SSSR count). The topological polar surface area (TPSA) is 37.7 Å². The van der Waals surface area contributed by atoms with Crippen LogP contribution in [0.25, 0.3) is 0 Å². The van der Waals surface area contributed by atoms with E-state index >= 15 is 0 Å². The van der Waals surface area contributed by atoms with Crippen LogP contribution in [0.2, 0.25) is 0 Å². The summed E-state index contributed by atoms with van der Waals surface area (Å²) < 4.78 is 0. The summed E-state index contributed by atoms with van der Waals surface area (Å²) in [6.07, 6.45) is 0.997. The molecule has 1 aromatic carbocycles. The largest absolute Gasteiger partial charge is 0.390 e. The Labute approximate surface area is 129 Å². The number of aryl methyl sites for hydroxylation is 1. The highest BCUT2D eigenvalue weighted by atomic mass is 32.1. The summed E-state index contributed by atoms with van der Waals surface area (Å²) >= 11 is 1.71. The second-order valence-electron chi connectivity index (χ2n) is 5.41. The molecule has 4 nitrogen and oxygen atoms in total. The van der Waals surface area contributed by atoms with Gasteiger partial charge < -0.3 is 4.84 Å². The third kappa shape index (κ3) is 3.68. The van der Waals surface area contributed by atoms with Crippen molar-refractivity contribution in [2.75, 3.05) is 13.6 Å². The molecule has 0 fully saturated rings. The fraction of sp³-hybridized carbons (Fsp3) is 0.375. The molecule has 0 spiro atoms. The molecule has 1 aliphatic rings. The molecule has 0 saturated heterocycles. The molecule has 0 bridgehead atoms. The van der Waals surface area contributed by atoms with Gasteiger partial charge in [0, 0.05) is 24.0 Å². The van der Waals surface area contributed by atoms with E-state index < -0.39 is 0 Å². The minimum atomic E-state index is 0.131. The average molecular weight is 301 g/mol. The van der Waals surface area contributed by atoms with Crippen LogP contribution in [-0.2, 0) is 11.4 Å². The Morgan fingerprint density at radius 3 is 2.86 bits per heavy atom. The van der Waals surface area contributed by atoms with E-state index in [1.807, 2.05) is 25.1 Å². The third-order valence-electron chi connectivity index (χ3n) is 3.43. The zero-order chi connectivity index (χ0) is 14.7. The summed E-state index contributed by atoms with van der Waals surface area (Å²) in [7, 11) is 2.10. The summed E-state index contributed by atoms with van der Waals surface area (Å²) in [5.41, 5.74) is 3.28. The Bertz CT molecular complexity index is 623. The SMILES string of the molecule is Cc1csc(CN(C)CC2CC(c3ccccc3)=NO2)n1. The Balaban J connectivity index is 1.51. The standard InChI is InChI=1S/C16H19N3OS/c1-12-11-21-16(17-12)10-19(2)9-14-8-15(18-20-14)13-6-4-3-5-7-13/h3-7,11,14H,8-10H2,1-2H3. The maximum absolute atomic E-state index is 5.56. The molecule has 0 saturated carbocycles. The predicted octanol–water partition coefficient (Wildman–Crippen LogP) is 3.08. The van der Waals surface area contributed by atoms with Gasteiger partial charge in [-0.05, 0) is 19.5 Å². The molecule has 1 aromatic heterocycles. The van der Waals surface area contributed by atoms with E-state index in [2.05, 4.69) is 39.6 Å². The van der Waals surface area contributed by atoms with Gasteiger partial charge in [0.25, 0.3) is 0 Å². The number of hydrogen-bond acceptors (Lipinski definition) is 5. The number of hydrogen-bond donors (Lipinski definition) is 0. The van der Waals surface area contributed by atoms with Crippen molar-refractivity contribution in [1.82, 2.24) is 9.88 Å². The maximum Gasteiger partial charge on any atom is 0.145 e. The van der Waals surface area contributed by atoms with Crippen molar-refractivity contribution in [2.45, 2.75) is 26.0 Å². The summed E-state index contributed by atoms with van der Waals surface area (Å²) in [4.78, 5) is 12.3. The number of nitrogens with zero attached hydrogens (tertiary/aromatic N) is 3. The maximum atomic E-state index is 5.56. The van der Waals surface area contributed by atoms with E-state index in [9.17, 15) is 0 Å². The van der Waals surface area contributed by atoms with E-state index in [0.717, 1.165) is 41.5 Å². The zero-order valence-electron chi connectivity index (χ0n) is 12.3. The van der Waals surface area contributed by atoms with E-state index in [1.165, 1.54) is 0 Å². The lowest BCUT2D eigenvalue weighted by molar-refractivity contribution is 0.0576. The molecule has 0 N–H and O–H groups in total. The van der Waals surface area contributed by atoms with E-state index in [0.29, 0.717) is 0 Å². The second-order valence-corrected chi connectivity index (χ2v) is 6.36. The zero-order valence-corrected chi connectivity index (χ0v) is 13.1. The minimum absolute atomic E-state index is 0.131. The van der Waals surface area contributed by atoms with Gasteiger partial charge in [-0.25, -0.2) is 4.98 Å². The number of thiazole rings is 1. The Hall–Kier alpha value is -1.72. The number of benzene rings is 1. The molecule has 2 aromatic rings. The highest BCUT2D eigenvalue weighted by molar-refractivity contribution is 7.09. The van der Waals surface area contributed by atoms with Crippen LogP contribution in [0.5, 0.6) is 0 Å². The third-order valence-corrected chi connectivity index (χ3v) is 4.38. The lowest BCUT2D eigenvalue weighted by atomic mass is 10.1. The molecule has 1 aliphatic heterocycles. The fourth-order valence-corrected chi connectivity index (χ4v) is 3.30. The van der Waals surface area contributed by atoms with Crippen molar-refractivity contribution in [3.05, 3.63) is 52.0 Å².